The molecule has 2 aliphatic heterocycles. The number of likely N-dealkylation sites (tertiary alicyclic amines) is 1. The van der Waals surface area contributed by atoms with Gasteiger partial charge < -0.3 is 14.9 Å². The number of hydrogen-bond donors (Lipinski definition) is 1. The molecule has 116 valence electrons. The van der Waals surface area contributed by atoms with E-state index in [0.29, 0.717) is 6.42 Å². The van der Waals surface area contributed by atoms with Crippen molar-refractivity contribution in [1.82, 2.24) is 14.7 Å². The first-order chi connectivity index (χ1) is 9.55. The van der Waals surface area contributed by atoms with E-state index >= 15 is 0 Å². The van der Waals surface area contributed by atoms with Crippen molar-refractivity contribution in [3.63, 3.8) is 0 Å². The Morgan fingerprint density at radius 3 is 2.40 bits per heavy atom. The lowest BCUT2D eigenvalue weighted by Crippen LogP contribution is -2.57. The third kappa shape index (κ3) is 3.71. The average molecular weight is 283 g/mol. The van der Waals surface area contributed by atoms with E-state index in [1.807, 2.05) is 0 Å². The zero-order valence-electron chi connectivity index (χ0n) is 13.0. The fourth-order valence-corrected chi connectivity index (χ4v) is 3.72. The van der Waals surface area contributed by atoms with Crippen LogP contribution in [-0.4, -0.2) is 84.2 Å². The smallest absolute Gasteiger partial charge is 0.305 e. The average Bonchev–Trinajstić information content (AvgIpc) is 2.62. The quantitative estimate of drug-likeness (QED) is 0.832. The second kappa shape index (κ2) is 6.87. The molecule has 0 radical (unpaired) electrons. The molecule has 0 bridgehead atoms. The summed E-state index contributed by atoms with van der Waals surface area (Å²) in [5.74, 6) is -0.645. The van der Waals surface area contributed by atoms with Crippen molar-refractivity contribution in [2.45, 2.75) is 38.1 Å². The van der Waals surface area contributed by atoms with Crippen LogP contribution in [-0.2, 0) is 4.79 Å². The van der Waals surface area contributed by atoms with Crippen molar-refractivity contribution in [2.24, 2.45) is 0 Å². The molecule has 2 aliphatic rings. The molecule has 0 aromatic carbocycles. The van der Waals surface area contributed by atoms with E-state index in [0.717, 1.165) is 65.1 Å². The lowest BCUT2D eigenvalue weighted by atomic mass is 9.84. The summed E-state index contributed by atoms with van der Waals surface area (Å²) < 4.78 is 0. The second-order valence-corrected chi connectivity index (χ2v) is 6.37. The van der Waals surface area contributed by atoms with Crippen LogP contribution in [0.25, 0.3) is 0 Å². The topological polar surface area (TPSA) is 47.0 Å². The van der Waals surface area contributed by atoms with E-state index in [2.05, 4.69) is 28.7 Å². The SMILES string of the molecule is CCN1CCCC(CC(=O)O)(N2CCN(C)CC2)CC1. The van der Waals surface area contributed by atoms with Gasteiger partial charge in [-0.15, -0.1) is 0 Å². The van der Waals surface area contributed by atoms with E-state index < -0.39 is 5.97 Å². The van der Waals surface area contributed by atoms with Crippen molar-refractivity contribution in [3.8, 4) is 0 Å². The minimum absolute atomic E-state index is 0.114. The molecule has 5 heteroatoms. The van der Waals surface area contributed by atoms with Crippen LogP contribution in [0.5, 0.6) is 0 Å². The molecule has 0 aromatic rings. The molecule has 0 amide bonds. The van der Waals surface area contributed by atoms with Gasteiger partial charge in [0, 0.05) is 31.7 Å². The van der Waals surface area contributed by atoms with Gasteiger partial charge in [0.15, 0.2) is 0 Å². The predicted octanol–water partition coefficient (Wildman–Crippen LogP) is 0.953. The molecule has 2 rings (SSSR count). The van der Waals surface area contributed by atoms with Crippen molar-refractivity contribution in [2.75, 3.05) is 52.9 Å². The molecule has 1 unspecified atom stereocenters. The number of aliphatic carboxylic acids is 1. The summed E-state index contributed by atoms with van der Waals surface area (Å²) in [5, 5.41) is 9.38. The van der Waals surface area contributed by atoms with Gasteiger partial charge in [-0.2, -0.15) is 0 Å². The van der Waals surface area contributed by atoms with Gasteiger partial charge in [0.05, 0.1) is 6.42 Å². The van der Waals surface area contributed by atoms with Gasteiger partial charge in [-0.1, -0.05) is 6.92 Å². The summed E-state index contributed by atoms with van der Waals surface area (Å²) in [6.45, 7) is 9.55. The maximum atomic E-state index is 11.4. The monoisotopic (exact) mass is 283 g/mol. The number of nitrogens with zero attached hydrogens (tertiary/aromatic N) is 3. The Kier molecular flexibility index (Phi) is 5.41. The van der Waals surface area contributed by atoms with Gasteiger partial charge in [0.2, 0.25) is 0 Å². The Morgan fingerprint density at radius 1 is 1.10 bits per heavy atom. The minimum Gasteiger partial charge on any atom is -0.481 e. The summed E-state index contributed by atoms with van der Waals surface area (Å²) in [7, 11) is 2.15. The zero-order valence-corrected chi connectivity index (χ0v) is 13.0. The minimum atomic E-state index is -0.645. The summed E-state index contributed by atoms with van der Waals surface area (Å²) in [6, 6.07) is 0. The summed E-state index contributed by atoms with van der Waals surface area (Å²) >= 11 is 0. The maximum Gasteiger partial charge on any atom is 0.305 e. The third-order valence-electron chi connectivity index (χ3n) is 5.11. The van der Waals surface area contributed by atoms with Crippen LogP contribution in [0.2, 0.25) is 0 Å². The zero-order chi connectivity index (χ0) is 14.6. The van der Waals surface area contributed by atoms with Gasteiger partial charge >= 0.3 is 5.97 Å². The molecule has 2 fully saturated rings. The van der Waals surface area contributed by atoms with Crippen LogP contribution in [0, 0.1) is 0 Å². The Hall–Kier alpha value is -0.650. The molecule has 20 heavy (non-hydrogen) atoms. The van der Waals surface area contributed by atoms with Crippen molar-refractivity contribution >= 4 is 5.97 Å². The molecule has 0 aliphatic carbocycles. The molecular weight excluding hydrogens is 254 g/mol. The second-order valence-electron chi connectivity index (χ2n) is 6.37. The van der Waals surface area contributed by atoms with Crippen molar-refractivity contribution in [1.29, 1.82) is 0 Å². The van der Waals surface area contributed by atoms with Gasteiger partial charge in [0.1, 0.15) is 0 Å². The first-order valence-electron chi connectivity index (χ1n) is 7.93. The van der Waals surface area contributed by atoms with Gasteiger partial charge in [-0.3, -0.25) is 9.69 Å². The number of piperazine rings is 1. The summed E-state index contributed by atoms with van der Waals surface area (Å²) in [6.07, 6.45) is 3.44. The highest BCUT2D eigenvalue weighted by atomic mass is 16.4. The van der Waals surface area contributed by atoms with E-state index in [1.165, 1.54) is 0 Å². The molecule has 2 heterocycles. The van der Waals surface area contributed by atoms with Gasteiger partial charge in [-0.05, 0) is 45.9 Å². The van der Waals surface area contributed by atoms with Crippen LogP contribution < -0.4 is 0 Å². The van der Waals surface area contributed by atoms with Crippen LogP contribution in [0.4, 0.5) is 0 Å². The van der Waals surface area contributed by atoms with E-state index in [4.69, 9.17) is 0 Å². The molecule has 2 saturated heterocycles. The molecular formula is C15H29N3O2. The van der Waals surface area contributed by atoms with Crippen LogP contribution in [0.15, 0.2) is 0 Å². The Balaban J connectivity index is 2.10. The van der Waals surface area contributed by atoms with Crippen LogP contribution in [0.3, 0.4) is 0 Å². The number of hydrogen-bond acceptors (Lipinski definition) is 4. The fourth-order valence-electron chi connectivity index (χ4n) is 3.72. The molecule has 0 spiro atoms. The highest BCUT2D eigenvalue weighted by molar-refractivity contribution is 5.68. The van der Waals surface area contributed by atoms with E-state index in [9.17, 15) is 9.90 Å². The number of carboxylic acid groups (broad SMARTS) is 1. The number of carbonyl (C=O) groups is 1. The van der Waals surface area contributed by atoms with E-state index in [1.54, 1.807) is 0 Å². The Labute approximate surface area is 122 Å². The molecule has 0 aromatic heterocycles. The maximum absolute atomic E-state index is 11.4. The Morgan fingerprint density at radius 2 is 1.80 bits per heavy atom. The van der Waals surface area contributed by atoms with Crippen LogP contribution >= 0.6 is 0 Å². The lowest BCUT2D eigenvalue weighted by molar-refractivity contribution is -0.141. The van der Waals surface area contributed by atoms with Gasteiger partial charge in [0.25, 0.3) is 0 Å². The van der Waals surface area contributed by atoms with Gasteiger partial charge in [-0.25, -0.2) is 0 Å². The molecule has 1 N–H and O–H groups in total. The summed E-state index contributed by atoms with van der Waals surface area (Å²) in [4.78, 5) is 18.7. The molecule has 0 saturated carbocycles. The predicted molar refractivity (Wildman–Crippen MR) is 80.0 cm³/mol. The fraction of sp³-hybridized carbons (Fsp3) is 0.933. The molecule has 5 nitrogen and oxygen atoms in total. The molecule has 1 atom stereocenters. The standard InChI is InChI=1S/C15H29N3O2/c1-3-17-7-4-5-15(6-8-17,13-14(19)20)18-11-9-16(2)10-12-18/h3-13H2,1-2H3,(H,19,20). The first kappa shape index (κ1) is 15.7. The Bertz CT molecular complexity index is 329. The lowest BCUT2D eigenvalue weighted by Gasteiger charge is -2.46. The summed E-state index contributed by atoms with van der Waals surface area (Å²) in [5.41, 5.74) is -0.114. The highest BCUT2D eigenvalue weighted by Gasteiger charge is 2.40. The number of rotatable bonds is 4. The van der Waals surface area contributed by atoms with Crippen LogP contribution in [0.1, 0.15) is 32.6 Å². The first-order valence-corrected chi connectivity index (χ1v) is 7.93. The normalized spacial score (nSPS) is 31.1. The third-order valence-corrected chi connectivity index (χ3v) is 5.11. The van der Waals surface area contributed by atoms with Crippen molar-refractivity contribution < 1.29 is 9.90 Å². The van der Waals surface area contributed by atoms with Crippen molar-refractivity contribution in [3.05, 3.63) is 0 Å². The number of likely N-dealkylation sites (N-methyl/N-ethyl adjacent to an activating group) is 1. The van der Waals surface area contributed by atoms with E-state index in [-0.39, 0.29) is 5.54 Å². The number of carboxylic acids is 1. The highest BCUT2D eigenvalue weighted by Crippen LogP contribution is 2.33. The largest absolute Gasteiger partial charge is 0.481 e.